The first-order valence-corrected chi connectivity index (χ1v) is 20.5. The Hall–Kier alpha value is -6.74. The van der Waals surface area contributed by atoms with Crippen LogP contribution in [0.2, 0.25) is 0 Å². The maximum atomic E-state index is 10.1. The molecule has 2 aliphatic carbocycles. The molecule has 0 unspecified atom stereocenters. The van der Waals surface area contributed by atoms with E-state index in [0.29, 0.717) is 11.4 Å². The van der Waals surface area contributed by atoms with Gasteiger partial charge in [0.15, 0.2) is 0 Å². The van der Waals surface area contributed by atoms with Gasteiger partial charge in [0.1, 0.15) is 0 Å². The molecule has 1 aromatic heterocycles. The molecule has 0 saturated heterocycles. The summed E-state index contributed by atoms with van der Waals surface area (Å²) >= 11 is 0.740. The second kappa shape index (κ2) is 12.9. The van der Waals surface area contributed by atoms with Gasteiger partial charge in [-0.15, -0.1) is 11.3 Å². The van der Waals surface area contributed by atoms with Gasteiger partial charge >= 0.3 is 0 Å². The summed E-state index contributed by atoms with van der Waals surface area (Å²) in [5, 5.41) is -1.23. The van der Waals surface area contributed by atoms with Crippen LogP contribution in [0.4, 0.5) is 17.1 Å². The minimum absolute atomic E-state index is 0.0481. The fourth-order valence-corrected chi connectivity index (χ4v) is 10.5. The maximum absolute atomic E-state index is 10.1. The largest absolute Gasteiger partial charge is 0.310 e. The van der Waals surface area contributed by atoms with E-state index in [2.05, 4.69) is 52.0 Å². The number of benzene rings is 9. The van der Waals surface area contributed by atoms with Gasteiger partial charge < -0.3 is 4.90 Å². The van der Waals surface area contributed by atoms with Crippen LogP contribution < -0.4 is 4.90 Å². The van der Waals surface area contributed by atoms with Crippen molar-refractivity contribution in [3.8, 4) is 44.5 Å². The van der Waals surface area contributed by atoms with Crippen LogP contribution in [0.5, 0.6) is 0 Å². The Morgan fingerprint density at radius 1 is 0.433 bits per heavy atom. The van der Waals surface area contributed by atoms with Gasteiger partial charge in [-0.3, -0.25) is 0 Å². The Kier molecular flexibility index (Phi) is 4.73. The smallest absolute Gasteiger partial charge is 0.0645 e. The van der Waals surface area contributed by atoms with Crippen LogP contribution in [-0.2, 0) is 10.8 Å². The number of thiophene rings is 1. The number of fused-ring (bicyclic) bond motifs is 10. The highest BCUT2D eigenvalue weighted by molar-refractivity contribution is 7.26. The Bertz CT molecular complexity index is 4250. The Morgan fingerprint density at radius 3 is 1.67 bits per heavy atom. The summed E-state index contributed by atoms with van der Waals surface area (Å²) < 4.78 is 158. The van der Waals surface area contributed by atoms with Crippen molar-refractivity contribution in [1.82, 2.24) is 0 Å². The molecule has 0 saturated carbocycles. The lowest BCUT2D eigenvalue weighted by atomic mass is 9.82. The first-order chi connectivity index (χ1) is 36.4. The van der Waals surface area contributed by atoms with Gasteiger partial charge in [0, 0.05) is 53.6 Å². The van der Waals surface area contributed by atoms with E-state index in [0.717, 1.165) is 55.8 Å². The molecule has 0 radical (unpaired) electrons. The zero-order valence-electron chi connectivity index (χ0n) is 49.9. The minimum Gasteiger partial charge on any atom is -0.310 e. The van der Waals surface area contributed by atoms with Crippen LogP contribution in [-0.4, -0.2) is 0 Å². The average molecular weight is 803 g/mol. The highest BCUT2D eigenvalue weighted by Crippen LogP contribution is 2.53. The second-order valence-electron chi connectivity index (χ2n) is 16.4. The standard InChI is InChI=1S/C58H43NS/c1-57(2)50-21-10-7-16-43(50)45-32-29-39(34-52(45)57)59(40-30-33-46-44-17-8-11-22-51(44)58(3,4)53(46)35-40)38-27-24-37(25-28-38)42-31-26-36-14-5-6-15-41(36)55(42)49-20-13-19-48-47-18-9-12-23-54(47)60-56(48)49/h5-35H,1-4H3/i5D,6D,9D,12D,13D,14D,15D,18D,19D,20D,23D,24D,25D,26D,27D,28D,31D. The van der Waals surface area contributed by atoms with Crippen molar-refractivity contribution >= 4 is 59.3 Å². The molecule has 0 atom stereocenters. The molecule has 60 heavy (non-hydrogen) atoms. The van der Waals surface area contributed by atoms with Crippen LogP contribution in [0.1, 0.15) is 73.3 Å². The van der Waals surface area contributed by atoms with E-state index in [9.17, 15) is 12.3 Å². The zero-order chi connectivity index (χ0) is 55.1. The lowest BCUT2D eigenvalue weighted by Gasteiger charge is -2.30. The molecular weight excluding hydrogens is 743 g/mol. The Balaban J connectivity index is 1.20. The summed E-state index contributed by atoms with van der Waals surface area (Å²) in [7, 11) is 0. The molecule has 9 aromatic carbocycles. The van der Waals surface area contributed by atoms with Gasteiger partial charge in [-0.2, -0.15) is 0 Å². The fourth-order valence-electron chi connectivity index (χ4n) is 9.46. The third-order valence-electron chi connectivity index (χ3n) is 12.4. The second-order valence-corrected chi connectivity index (χ2v) is 17.4. The van der Waals surface area contributed by atoms with E-state index in [4.69, 9.17) is 11.0 Å². The van der Waals surface area contributed by atoms with Gasteiger partial charge in [-0.25, -0.2) is 0 Å². The van der Waals surface area contributed by atoms with E-state index in [1.54, 1.807) is 4.90 Å². The highest BCUT2D eigenvalue weighted by atomic mass is 32.1. The molecule has 2 heteroatoms. The quantitative estimate of drug-likeness (QED) is 0.168. The normalized spacial score (nSPS) is 18.2. The molecule has 0 aliphatic heterocycles. The third-order valence-corrected chi connectivity index (χ3v) is 13.5. The number of anilines is 3. The molecule has 12 rings (SSSR count). The van der Waals surface area contributed by atoms with Crippen molar-refractivity contribution in [2.24, 2.45) is 0 Å². The summed E-state index contributed by atoms with van der Waals surface area (Å²) in [6.07, 6.45) is 0. The van der Waals surface area contributed by atoms with Crippen LogP contribution in [0.25, 0.3) is 75.5 Å². The summed E-state index contributed by atoms with van der Waals surface area (Å²) in [4.78, 5) is 1.69. The molecule has 10 aromatic rings. The van der Waals surface area contributed by atoms with E-state index >= 15 is 0 Å². The predicted molar refractivity (Wildman–Crippen MR) is 258 cm³/mol. The van der Waals surface area contributed by atoms with E-state index < -0.39 is 141 Å². The third kappa shape index (κ3) is 5.04. The summed E-state index contributed by atoms with van der Waals surface area (Å²) in [6, 6.07) is 16.7. The molecule has 286 valence electrons. The molecule has 1 heterocycles. The van der Waals surface area contributed by atoms with Gasteiger partial charge in [0.25, 0.3) is 0 Å². The maximum Gasteiger partial charge on any atom is 0.0645 e. The molecule has 0 bridgehead atoms. The van der Waals surface area contributed by atoms with Crippen molar-refractivity contribution in [1.29, 1.82) is 0 Å². The van der Waals surface area contributed by atoms with E-state index in [1.807, 2.05) is 60.7 Å². The molecule has 0 N–H and O–H groups in total. The van der Waals surface area contributed by atoms with Crippen molar-refractivity contribution in [3.05, 3.63) is 210 Å². The molecule has 0 amide bonds. The lowest BCUT2D eigenvalue weighted by Crippen LogP contribution is -2.18. The van der Waals surface area contributed by atoms with Crippen molar-refractivity contribution in [2.75, 3.05) is 4.90 Å². The number of hydrogen-bond donors (Lipinski definition) is 0. The summed E-state index contributed by atoms with van der Waals surface area (Å²) in [6.45, 7) is 8.50. The molecular formula is C58H43NS. The van der Waals surface area contributed by atoms with E-state index in [1.165, 1.54) is 0 Å². The van der Waals surface area contributed by atoms with Crippen LogP contribution in [0.15, 0.2) is 188 Å². The topological polar surface area (TPSA) is 3.24 Å². The van der Waals surface area contributed by atoms with Gasteiger partial charge in [0.05, 0.1) is 23.3 Å². The number of hydrogen-bond acceptors (Lipinski definition) is 2. The van der Waals surface area contributed by atoms with E-state index in [-0.39, 0.29) is 31.4 Å². The Morgan fingerprint density at radius 2 is 1.00 bits per heavy atom. The zero-order valence-corrected chi connectivity index (χ0v) is 33.8. The van der Waals surface area contributed by atoms with Crippen molar-refractivity contribution < 1.29 is 23.3 Å². The first-order valence-electron chi connectivity index (χ1n) is 28.2. The lowest BCUT2D eigenvalue weighted by molar-refractivity contribution is 0.660. The highest BCUT2D eigenvalue weighted by Gasteiger charge is 2.37. The van der Waals surface area contributed by atoms with Gasteiger partial charge in [-0.1, -0.05) is 173 Å². The van der Waals surface area contributed by atoms with Gasteiger partial charge in [-0.05, 0) is 114 Å². The molecule has 2 aliphatic rings. The summed E-state index contributed by atoms with van der Waals surface area (Å²) in [5.74, 6) is 0. The minimum atomic E-state index is -0.789. The summed E-state index contributed by atoms with van der Waals surface area (Å²) in [5.41, 5.74) is 6.31. The fraction of sp³-hybridized carbons (Fsp3) is 0.103. The van der Waals surface area contributed by atoms with Crippen molar-refractivity contribution in [3.63, 3.8) is 0 Å². The molecule has 1 nitrogen and oxygen atoms in total. The van der Waals surface area contributed by atoms with Gasteiger partial charge in [0.2, 0.25) is 0 Å². The predicted octanol–water partition coefficient (Wildman–Crippen LogP) is 16.6. The Labute approximate surface area is 379 Å². The molecule has 0 fully saturated rings. The monoisotopic (exact) mass is 802 g/mol. The number of nitrogens with zero attached hydrogens (tertiary/aromatic N) is 1. The first kappa shape index (κ1) is 22.0. The van der Waals surface area contributed by atoms with Crippen LogP contribution in [0.3, 0.4) is 0 Å². The average Bonchev–Trinajstić information content (AvgIpc) is 4.24. The van der Waals surface area contributed by atoms with Crippen LogP contribution in [0, 0.1) is 0 Å². The molecule has 0 spiro atoms. The SMILES string of the molecule is [2H]c1c([2H])c(N(c2ccc3c(c2)C(C)(C)c2ccccc2-3)c2ccc3c(c2)C(C)(C)c2ccccc2-3)c([2H])c([2H])c1-c1c([2H])c([2H])c2c([2H])c([2H])c([2H])c([2H])c2c1-c1c([2H])c([2H])c([2H])c2c1sc1c([2H])c([2H])c([2H])c([2H])c12. The van der Waals surface area contributed by atoms with Crippen molar-refractivity contribution in [2.45, 2.75) is 38.5 Å². The number of rotatable bonds is 5. The van der Waals surface area contributed by atoms with Crippen LogP contribution >= 0.6 is 11.3 Å².